The van der Waals surface area contributed by atoms with E-state index in [0.717, 1.165) is 45.1 Å². The second-order valence-corrected chi connectivity index (χ2v) is 9.91. The molecular weight excluding hydrogens is 419 g/mol. The van der Waals surface area contributed by atoms with Gasteiger partial charge in [0.1, 0.15) is 17.6 Å². The van der Waals surface area contributed by atoms with Crippen LogP contribution in [0.1, 0.15) is 56.3 Å². The first-order chi connectivity index (χ1) is 14.4. The van der Waals surface area contributed by atoms with E-state index in [0.29, 0.717) is 0 Å². The van der Waals surface area contributed by atoms with E-state index in [1.807, 2.05) is 26.0 Å². The molecule has 0 unspecified atom stereocenters. The van der Waals surface area contributed by atoms with Gasteiger partial charge in [-0.15, -0.1) is 0 Å². The van der Waals surface area contributed by atoms with Crippen LogP contribution in [-0.4, -0.2) is 33.7 Å². The van der Waals surface area contributed by atoms with E-state index >= 15 is 0 Å². The van der Waals surface area contributed by atoms with Gasteiger partial charge < -0.3 is 10.1 Å². The first-order valence-corrected chi connectivity index (χ1v) is 11.9. The van der Waals surface area contributed by atoms with Crippen LogP contribution in [0.4, 0.5) is 10.1 Å². The highest BCUT2D eigenvalue weighted by molar-refractivity contribution is 7.92. The summed E-state index contributed by atoms with van der Waals surface area (Å²) in [6, 6.07) is 7.59. The zero-order valence-electron chi connectivity index (χ0n) is 19.1. The minimum Gasteiger partial charge on any atom is -0.496 e. The number of ether oxygens (including phenoxy) is 1. The summed E-state index contributed by atoms with van der Waals surface area (Å²) in [6.07, 6.45) is 1.02. The first-order valence-electron chi connectivity index (χ1n) is 10.1. The maximum absolute atomic E-state index is 13.3. The second kappa shape index (κ2) is 9.68. The fourth-order valence-electron chi connectivity index (χ4n) is 3.62. The normalized spacial score (nSPS) is 13.6. The number of benzene rings is 2. The summed E-state index contributed by atoms with van der Waals surface area (Å²) in [5, 5.41) is 2.91. The van der Waals surface area contributed by atoms with E-state index in [1.165, 1.54) is 19.1 Å². The van der Waals surface area contributed by atoms with Crippen LogP contribution in [0.5, 0.6) is 5.75 Å². The molecule has 0 aliphatic rings. The SMILES string of the molecule is COc1cc(C)c([C@H](C)NC(=O)[C@H](C)N(c2ccc(F)cc2)S(C)(=O)=O)cc1C(C)C. The highest BCUT2D eigenvalue weighted by Gasteiger charge is 2.30. The van der Waals surface area contributed by atoms with Crippen molar-refractivity contribution in [3.05, 3.63) is 58.9 Å². The van der Waals surface area contributed by atoms with E-state index in [1.54, 1.807) is 7.11 Å². The van der Waals surface area contributed by atoms with Gasteiger partial charge in [0.15, 0.2) is 0 Å². The smallest absolute Gasteiger partial charge is 0.244 e. The molecule has 8 heteroatoms. The Morgan fingerprint density at radius 2 is 1.65 bits per heavy atom. The van der Waals surface area contributed by atoms with Crippen molar-refractivity contribution in [2.24, 2.45) is 0 Å². The Bertz CT molecular complexity index is 1040. The number of nitrogens with one attached hydrogen (secondary N) is 1. The van der Waals surface area contributed by atoms with Crippen LogP contribution < -0.4 is 14.4 Å². The maximum atomic E-state index is 13.3. The van der Waals surface area contributed by atoms with Crippen LogP contribution in [-0.2, 0) is 14.8 Å². The predicted octanol–water partition coefficient (Wildman–Crippen LogP) is 4.30. The molecule has 170 valence electrons. The van der Waals surface area contributed by atoms with Crippen molar-refractivity contribution in [1.29, 1.82) is 0 Å². The number of aryl methyl sites for hydroxylation is 1. The number of rotatable bonds is 8. The van der Waals surface area contributed by atoms with Crippen molar-refractivity contribution < 1.29 is 22.3 Å². The Hall–Kier alpha value is -2.61. The van der Waals surface area contributed by atoms with Gasteiger partial charge in [-0.1, -0.05) is 13.8 Å². The molecule has 0 radical (unpaired) electrons. The van der Waals surface area contributed by atoms with E-state index in [9.17, 15) is 17.6 Å². The number of methoxy groups -OCH3 is 1. The van der Waals surface area contributed by atoms with Crippen molar-refractivity contribution in [2.75, 3.05) is 17.7 Å². The minimum absolute atomic E-state index is 0.224. The molecule has 0 spiro atoms. The molecule has 0 heterocycles. The Kier molecular flexibility index (Phi) is 7.70. The third-order valence-corrected chi connectivity index (χ3v) is 6.48. The lowest BCUT2D eigenvalue weighted by Gasteiger charge is -2.29. The van der Waals surface area contributed by atoms with Gasteiger partial charge in [0.25, 0.3) is 0 Å². The van der Waals surface area contributed by atoms with Crippen molar-refractivity contribution in [3.8, 4) is 5.75 Å². The molecule has 0 bridgehead atoms. The fourth-order valence-corrected chi connectivity index (χ4v) is 4.79. The Labute approximate surface area is 184 Å². The van der Waals surface area contributed by atoms with Crippen molar-refractivity contribution in [3.63, 3.8) is 0 Å². The third kappa shape index (κ3) is 5.76. The zero-order valence-corrected chi connectivity index (χ0v) is 19.9. The number of hydrogen-bond acceptors (Lipinski definition) is 4. The molecule has 6 nitrogen and oxygen atoms in total. The highest BCUT2D eigenvalue weighted by Crippen LogP contribution is 2.32. The van der Waals surface area contributed by atoms with Crippen LogP contribution in [0.3, 0.4) is 0 Å². The highest BCUT2D eigenvalue weighted by atomic mass is 32.2. The molecule has 2 atom stereocenters. The standard InChI is InChI=1S/C23H31FN2O4S/c1-14(2)20-13-21(15(3)12-22(20)30-6)16(4)25-23(27)17(5)26(31(7,28)29)19-10-8-18(24)9-11-19/h8-14,16-17H,1-7H3,(H,25,27)/t16-,17-/m0/s1. The molecular formula is C23H31FN2O4S. The molecule has 2 aromatic rings. The Balaban J connectivity index is 2.32. The molecule has 31 heavy (non-hydrogen) atoms. The van der Waals surface area contributed by atoms with Gasteiger partial charge in [-0.05, 0) is 79.8 Å². The minimum atomic E-state index is -3.78. The number of hydrogen-bond donors (Lipinski definition) is 1. The lowest BCUT2D eigenvalue weighted by atomic mass is 9.93. The number of sulfonamides is 1. The monoisotopic (exact) mass is 450 g/mol. The predicted molar refractivity (Wildman–Crippen MR) is 122 cm³/mol. The molecule has 0 fully saturated rings. The van der Waals surface area contributed by atoms with Crippen LogP contribution >= 0.6 is 0 Å². The van der Waals surface area contributed by atoms with Gasteiger partial charge in [-0.2, -0.15) is 0 Å². The van der Waals surface area contributed by atoms with Gasteiger partial charge in [0.2, 0.25) is 15.9 Å². The van der Waals surface area contributed by atoms with Gasteiger partial charge in [0, 0.05) is 0 Å². The number of halogens is 1. The van der Waals surface area contributed by atoms with Crippen molar-refractivity contribution >= 4 is 21.6 Å². The van der Waals surface area contributed by atoms with Crippen LogP contribution in [0.15, 0.2) is 36.4 Å². The largest absolute Gasteiger partial charge is 0.496 e. The molecule has 0 aliphatic heterocycles. The molecule has 1 amide bonds. The summed E-state index contributed by atoms with van der Waals surface area (Å²) < 4.78 is 44.6. The molecule has 0 aliphatic carbocycles. The van der Waals surface area contributed by atoms with Crippen LogP contribution in [0, 0.1) is 12.7 Å². The van der Waals surface area contributed by atoms with E-state index < -0.39 is 27.8 Å². The number of carbonyl (C=O) groups is 1. The quantitative estimate of drug-likeness (QED) is 0.651. The third-order valence-electron chi connectivity index (χ3n) is 5.24. The van der Waals surface area contributed by atoms with E-state index in [2.05, 4.69) is 19.2 Å². The number of anilines is 1. The number of nitrogens with zero attached hydrogens (tertiary/aromatic N) is 1. The van der Waals surface area contributed by atoms with Crippen LogP contribution in [0.25, 0.3) is 0 Å². The lowest BCUT2D eigenvalue weighted by molar-refractivity contribution is -0.122. The molecule has 0 saturated heterocycles. The van der Waals surface area contributed by atoms with Gasteiger partial charge >= 0.3 is 0 Å². The number of amides is 1. The summed E-state index contributed by atoms with van der Waals surface area (Å²) >= 11 is 0. The first kappa shape index (κ1) is 24.7. The van der Waals surface area contributed by atoms with Gasteiger partial charge in [0.05, 0.1) is 25.1 Å². The molecule has 2 aromatic carbocycles. The van der Waals surface area contributed by atoms with E-state index in [4.69, 9.17) is 4.74 Å². The van der Waals surface area contributed by atoms with Gasteiger partial charge in [-0.3, -0.25) is 9.10 Å². The lowest BCUT2D eigenvalue weighted by Crippen LogP contribution is -2.48. The summed E-state index contributed by atoms with van der Waals surface area (Å²) in [6.45, 7) is 9.43. The second-order valence-electron chi connectivity index (χ2n) is 8.05. The van der Waals surface area contributed by atoms with Crippen molar-refractivity contribution in [1.82, 2.24) is 5.32 Å². The summed E-state index contributed by atoms with van der Waals surface area (Å²) in [5.41, 5.74) is 3.14. The van der Waals surface area contributed by atoms with E-state index in [-0.39, 0.29) is 17.6 Å². The Morgan fingerprint density at radius 1 is 1.06 bits per heavy atom. The molecule has 1 N–H and O–H groups in total. The topological polar surface area (TPSA) is 75.7 Å². The van der Waals surface area contributed by atoms with Crippen molar-refractivity contribution in [2.45, 2.75) is 52.6 Å². The fraction of sp³-hybridized carbons (Fsp3) is 0.435. The average Bonchev–Trinajstić information content (AvgIpc) is 2.67. The Morgan fingerprint density at radius 3 is 2.13 bits per heavy atom. The van der Waals surface area contributed by atoms with Gasteiger partial charge in [-0.25, -0.2) is 12.8 Å². The average molecular weight is 451 g/mol. The summed E-state index contributed by atoms with van der Waals surface area (Å²) in [5.74, 6) is 0.0838. The molecule has 2 rings (SSSR count). The summed E-state index contributed by atoms with van der Waals surface area (Å²) in [7, 11) is -2.15. The summed E-state index contributed by atoms with van der Waals surface area (Å²) in [4.78, 5) is 13.0. The maximum Gasteiger partial charge on any atom is 0.244 e. The molecule has 0 aromatic heterocycles. The zero-order chi connectivity index (χ0) is 23.5. The number of carbonyl (C=O) groups excluding carboxylic acids is 1. The van der Waals surface area contributed by atoms with Crippen LogP contribution in [0.2, 0.25) is 0 Å². The molecule has 0 saturated carbocycles.